The number of aliphatic hydroxyl groups is 1. The molecule has 0 saturated heterocycles. The maximum atomic E-state index is 9.75. The molecular formula is C21H22N4O2. The molecule has 0 radical (unpaired) electrons. The zero-order valence-electron chi connectivity index (χ0n) is 15.2. The van der Waals surface area contributed by atoms with Gasteiger partial charge in [0, 0.05) is 35.5 Å². The molecule has 6 nitrogen and oxygen atoms in total. The number of imidazole rings is 1. The van der Waals surface area contributed by atoms with E-state index in [4.69, 9.17) is 10.3 Å². The van der Waals surface area contributed by atoms with Gasteiger partial charge < -0.3 is 19.9 Å². The summed E-state index contributed by atoms with van der Waals surface area (Å²) in [5, 5.41) is 13.9. The van der Waals surface area contributed by atoms with E-state index in [9.17, 15) is 5.11 Å². The first kappa shape index (κ1) is 17.5. The Labute approximate surface area is 158 Å². The molecule has 1 aliphatic carbocycles. The SMILES string of the molecule is C[C@H](O)c1nccn1Cc1cc(-c2ccc(C#CC3CC3CN)cc2)on1. The van der Waals surface area contributed by atoms with Crippen LogP contribution in [0.2, 0.25) is 0 Å². The van der Waals surface area contributed by atoms with E-state index in [0.29, 0.717) is 30.0 Å². The number of aromatic nitrogens is 3. The molecule has 2 heterocycles. The van der Waals surface area contributed by atoms with Gasteiger partial charge in [-0.15, -0.1) is 0 Å². The van der Waals surface area contributed by atoms with Crippen molar-refractivity contribution >= 4 is 0 Å². The predicted octanol–water partition coefficient (Wildman–Crippen LogP) is 2.59. The van der Waals surface area contributed by atoms with Crippen LogP contribution in [0.4, 0.5) is 0 Å². The fourth-order valence-electron chi connectivity index (χ4n) is 3.10. The number of hydrogen-bond donors (Lipinski definition) is 2. The van der Waals surface area contributed by atoms with Crippen molar-refractivity contribution in [2.75, 3.05) is 6.54 Å². The lowest BCUT2D eigenvalue weighted by atomic mass is 10.1. The Morgan fingerprint density at radius 1 is 1.37 bits per heavy atom. The standard InChI is InChI=1S/C21H22N4O2/c1-14(26)21-23-8-9-25(21)13-19-11-20(27-24-19)16-5-2-15(3-6-16)4-7-17-10-18(17)12-22/h2-3,5-6,8-9,11,14,17-18,26H,10,12-13,22H2,1H3/t14-,17?,18?/m0/s1. The van der Waals surface area contributed by atoms with E-state index < -0.39 is 6.10 Å². The number of rotatable bonds is 5. The van der Waals surface area contributed by atoms with Crippen LogP contribution in [0.5, 0.6) is 0 Å². The van der Waals surface area contributed by atoms with Crippen LogP contribution in [-0.2, 0) is 6.54 Å². The van der Waals surface area contributed by atoms with Crippen LogP contribution in [0, 0.1) is 23.7 Å². The summed E-state index contributed by atoms with van der Waals surface area (Å²) < 4.78 is 7.34. The molecule has 0 amide bonds. The average molecular weight is 362 g/mol. The minimum atomic E-state index is -0.629. The van der Waals surface area contributed by atoms with Gasteiger partial charge in [-0.1, -0.05) is 17.0 Å². The van der Waals surface area contributed by atoms with Crippen molar-refractivity contribution in [3.63, 3.8) is 0 Å². The van der Waals surface area contributed by atoms with Crippen molar-refractivity contribution in [1.82, 2.24) is 14.7 Å². The van der Waals surface area contributed by atoms with Gasteiger partial charge in [0.2, 0.25) is 0 Å². The second kappa shape index (κ2) is 7.39. The average Bonchev–Trinajstić information content (AvgIpc) is 3.03. The van der Waals surface area contributed by atoms with Gasteiger partial charge in [0.15, 0.2) is 5.76 Å². The predicted molar refractivity (Wildman–Crippen MR) is 101 cm³/mol. The Kier molecular flexibility index (Phi) is 4.80. The number of benzene rings is 1. The Hall–Kier alpha value is -2.88. The molecule has 138 valence electrons. The summed E-state index contributed by atoms with van der Waals surface area (Å²) in [4.78, 5) is 4.17. The van der Waals surface area contributed by atoms with Gasteiger partial charge in [-0.25, -0.2) is 4.98 Å². The zero-order valence-corrected chi connectivity index (χ0v) is 15.2. The molecule has 1 aliphatic rings. The number of aliphatic hydroxyl groups excluding tert-OH is 1. The largest absolute Gasteiger partial charge is 0.385 e. The molecule has 2 unspecified atom stereocenters. The van der Waals surface area contributed by atoms with Crippen LogP contribution in [0.25, 0.3) is 11.3 Å². The molecular weight excluding hydrogens is 340 g/mol. The van der Waals surface area contributed by atoms with Crippen molar-refractivity contribution in [3.8, 4) is 23.2 Å². The van der Waals surface area contributed by atoms with Crippen LogP contribution >= 0.6 is 0 Å². The van der Waals surface area contributed by atoms with Crippen molar-refractivity contribution in [1.29, 1.82) is 0 Å². The topological polar surface area (TPSA) is 90.1 Å². The third kappa shape index (κ3) is 3.95. The quantitative estimate of drug-likeness (QED) is 0.681. The van der Waals surface area contributed by atoms with Crippen molar-refractivity contribution < 1.29 is 9.63 Å². The second-order valence-corrected chi connectivity index (χ2v) is 6.96. The lowest BCUT2D eigenvalue weighted by Gasteiger charge is -2.07. The minimum absolute atomic E-state index is 0.459. The molecule has 0 spiro atoms. The maximum Gasteiger partial charge on any atom is 0.167 e. The van der Waals surface area contributed by atoms with Crippen molar-refractivity contribution in [2.24, 2.45) is 17.6 Å². The van der Waals surface area contributed by atoms with Crippen LogP contribution in [0.3, 0.4) is 0 Å². The van der Waals surface area contributed by atoms with Gasteiger partial charge in [-0.05, 0) is 50.1 Å². The molecule has 6 heteroatoms. The first-order chi connectivity index (χ1) is 13.1. The smallest absolute Gasteiger partial charge is 0.167 e. The van der Waals surface area contributed by atoms with Gasteiger partial charge in [-0.3, -0.25) is 0 Å². The van der Waals surface area contributed by atoms with Gasteiger partial charge in [0.05, 0.1) is 6.54 Å². The molecule has 1 aromatic carbocycles. The van der Waals surface area contributed by atoms with Gasteiger partial charge in [0.25, 0.3) is 0 Å². The second-order valence-electron chi connectivity index (χ2n) is 6.96. The van der Waals surface area contributed by atoms with Crippen LogP contribution < -0.4 is 5.73 Å². The fourth-order valence-corrected chi connectivity index (χ4v) is 3.10. The number of nitrogens with two attached hydrogens (primary N) is 1. The van der Waals surface area contributed by atoms with E-state index in [1.807, 2.05) is 41.1 Å². The highest BCUT2D eigenvalue weighted by molar-refractivity contribution is 5.59. The van der Waals surface area contributed by atoms with Gasteiger partial charge in [-0.2, -0.15) is 0 Å². The molecule has 3 N–H and O–H groups in total. The first-order valence-electron chi connectivity index (χ1n) is 9.10. The molecule has 3 atom stereocenters. The fraction of sp³-hybridized carbons (Fsp3) is 0.333. The highest BCUT2D eigenvalue weighted by Crippen LogP contribution is 2.36. The van der Waals surface area contributed by atoms with E-state index in [-0.39, 0.29) is 0 Å². The summed E-state index contributed by atoms with van der Waals surface area (Å²) in [6.45, 7) is 2.91. The molecule has 3 aromatic rings. The van der Waals surface area contributed by atoms with Crippen LogP contribution in [0.15, 0.2) is 47.2 Å². The molecule has 1 fully saturated rings. The summed E-state index contributed by atoms with van der Waals surface area (Å²) in [6.07, 6.45) is 3.98. The Morgan fingerprint density at radius 2 is 2.19 bits per heavy atom. The minimum Gasteiger partial charge on any atom is -0.385 e. The molecule has 0 bridgehead atoms. The third-order valence-corrected chi connectivity index (χ3v) is 4.81. The molecule has 27 heavy (non-hydrogen) atoms. The van der Waals surface area contributed by atoms with E-state index in [1.165, 1.54) is 0 Å². The zero-order chi connectivity index (χ0) is 18.8. The normalized spacial score (nSPS) is 19.4. The molecule has 4 rings (SSSR count). The molecule has 1 saturated carbocycles. The highest BCUT2D eigenvalue weighted by atomic mass is 16.5. The summed E-state index contributed by atoms with van der Waals surface area (Å²) >= 11 is 0. The first-order valence-corrected chi connectivity index (χ1v) is 9.10. The van der Waals surface area contributed by atoms with Crippen LogP contribution in [-0.4, -0.2) is 26.4 Å². The van der Waals surface area contributed by atoms with E-state index in [0.717, 1.165) is 29.8 Å². The van der Waals surface area contributed by atoms with Crippen molar-refractivity contribution in [2.45, 2.75) is 26.0 Å². The number of hydrogen-bond acceptors (Lipinski definition) is 5. The summed E-state index contributed by atoms with van der Waals surface area (Å²) in [6, 6.07) is 9.86. The number of nitrogens with zero attached hydrogens (tertiary/aromatic N) is 3. The summed E-state index contributed by atoms with van der Waals surface area (Å²) in [5.41, 5.74) is 8.35. The Balaban J connectivity index is 1.44. The monoisotopic (exact) mass is 362 g/mol. The third-order valence-electron chi connectivity index (χ3n) is 4.81. The van der Waals surface area contributed by atoms with Gasteiger partial charge in [0.1, 0.15) is 17.6 Å². The van der Waals surface area contributed by atoms with Crippen LogP contribution in [0.1, 0.15) is 36.5 Å². The van der Waals surface area contributed by atoms with E-state index >= 15 is 0 Å². The van der Waals surface area contributed by atoms with E-state index in [1.54, 1.807) is 13.1 Å². The van der Waals surface area contributed by atoms with E-state index in [2.05, 4.69) is 22.0 Å². The van der Waals surface area contributed by atoms with Crippen molar-refractivity contribution in [3.05, 3.63) is 59.8 Å². The lowest BCUT2D eigenvalue weighted by Crippen LogP contribution is -2.07. The lowest BCUT2D eigenvalue weighted by molar-refractivity contribution is 0.184. The van der Waals surface area contributed by atoms with Gasteiger partial charge >= 0.3 is 0 Å². The molecule has 0 aliphatic heterocycles. The highest BCUT2D eigenvalue weighted by Gasteiger charge is 2.33. The summed E-state index contributed by atoms with van der Waals surface area (Å²) in [5.74, 6) is 8.84. The Morgan fingerprint density at radius 3 is 2.89 bits per heavy atom. The summed E-state index contributed by atoms with van der Waals surface area (Å²) in [7, 11) is 0. The maximum absolute atomic E-state index is 9.75. The Bertz CT molecular complexity index is 976. The molecule has 2 aromatic heterocycles.